The maximum Gasteiger partial charge on any atom is 0.332 e. The summed E-state index contributed by atoms with van der Waals surface area (Å²) in [6.07, 6.45) is 0.759. The molecule has 0 bridgehead atoms. The topological polar surface area (TPSA) is 57.5 Å². The van der Waals surface area contributed by atoms with Crippen molar-refractivity contribution in [2.24, 2.45) is 0 Å². The zero-order valence-corrected chi connectivity index (χ0v) is 6.27. The van der Waals surface area contributed by atoms with Crippen molar-refractivity contribution in [1.29, 1.82) is 0 Å². The molecule has 62 valence electrons. The number of carboxylic acid groups (broad SMARTS) is 1. The lowest BCUT2D eigenvalue weighted by atomic mass is 10.2. The Balaban J connectivity index is 2.93. The summed E-state index contributed by atoms with van der Waals surface area (Å²) in [5.74, 6) is -1.39. The normalized spacial score (nSPS) is 11.2. The Morgan fingerprint density at radius 1 is 1.17 bits per heavy atom. The molecule has 0 radical (unpaired) electrons. The van der Waals surface area contributed by atoms with E-state index in [1.807, 2.05) is 0 Å². The molecule has 0 saturated carbocycles. The molecule has 1 aromatic carbocycles. The van der Waals surface area contributed by atoms with Crippen LogP contribution in [0.2, 0.25) is 0 Å². The van der Waals surface area contributed by atoms with Gasteiger partial charge in [-0.15, -0.1) is 0 Å². The third kappa shape index (κ3) is 2.12. The number of aliphatic hydroxyl groups is 1. The summed E-state index contributed by atoms with van der Waals surface area (Å²) in [5.41, 5.74) is 0.500. The fraction of sp³-hybridized carbons (Fsp3) is 0. The fourth-order valence-electron chi connectivity index (χ4n) is 0.809. The first-order valence-corrected chi connectivity index (χ1v) is 3.39. The minimum Gasteiger partial charge on any atom is -0.507 e. The highest BCUT2D eigenvalue weighted by atomic mass is 16.4. The molecule has 0 saturated heterocycles. The van der Waals surface area contributed by atoms with Gasteiger partial charge in [0.25, 0.3) is 0 Å². The maximum absolute atomic E-state index is 10.1. The molecule has 3 nitrogen and oxygen atoms in total. The molecule has 0 amide bonds. The fourth-order valence-corrected chi connectivity index (χ4v) is 0.809. The van der Waals surface area contributed by atoms with Crippen LogP contribution in [0.5, 0.6) is 0 Å². The molecule has 0 aromatic heterocycles. The number of hydrogen-bond acceptors (Lipinski definition) is 2. The predicted octanol–water partition coefficient (Wildman–Crippen LogP) is 1.67. The van der Waals surface area contributed by atoms with Crippen LogP contribution in [0.25, 0.3) is 5.76 Å². The SMILES string of the molecule is O=C(O)C=C(O)c1ccccc1. The van der Waals surface area contributed by atoms with E-state index in [1.165, 1.54) is 0 Å². The van der Waals surface area contributed by atoms with Gasteiger partial charge in [-0.3, -0.25) is 0 Å². The number of aliphatic carboxylic acids is 1. The van der Waals surface area contributed by atoms with Crippen molar-refractivity contribution < 1.29 is 15.0 Å². The summed E-state index contributed by atoms with van der Waals surface area (Å²) in [4.78, 5) is 10.1. The van der Waals surface area contributed by atoms with Gasteiger partial charge in [0.15, 0.2) is 0 Å². The smallest absolute Gasteiger partial charge is 0.332 e. The Bertz CT molecular complexity index is 301. The first-order chi connectivity index (χ1) is 5.70. The third-order valence-corrected chi connectivity index (χ3v) is 1.33. The third-order valence-electron chi connectivity index (χ3n) is 1.33. The molecule has 0 aliphatic carbocycles. The maximum atomic E-state index is 10.1. The molecule has 2 N–H and O–H groups in total. The summed E-state index contributed by atoms with van der Waals surface area (Å²) < 4.78 is 0. The van der Waals surface area contributed by atoms with Gasteiger partial charge in [-0.2, -0.15) is 0 Å². The monoisotopic (exact) mass is 164 g/mol. The van der Waals surface area contributed by atoms with E-state index in [0.717, 1.165) is 6.08 Å². The molecule has 0 fully saturated rings. The van der Waals surface area contributed by atoms with Crippen molar-refractivity contribution in [2.75, 3.05) is 0 Å². The first-order valence-electron chi connectivity index (χ1n) is 3.39. The van der Waals surface area contributed by atoms with E-state index in [1.54, 1.807) is 30.3 Å². The largest absolute Gasteiger partial charge is 0.507 e. The number of benzene rings is 1. The lowest BCUT2D eigenvalue weighted by Crippen LogP contribution is -1.91. The molecule has 0 unspecified atom stereocenters. The molecule has 0 atom stereocenters. The summed E-state index contributed by atoms with van der Waals surface area (Å²) in [5, 5.41) is 17.5. The highest BCUT2D eigenvalue weighted by Gasteiger charge is 1.98. The molecule has 1 aromatic rings. The van der Waals surface area contributed by atoms with Gasteiger partial charge in [-0.05, 0) is 0 Å². The van der Waals surface area contributed by atoms with E-state index in [0.29, 0.717) is 5.56 Å². The van der Waals surface area contributed by atoms with Crippen LogP contribution in [-0.2, 0) is 4.79 Å². The molecule has 0 aliphatic heterocycles. The summed E-state index contributed by atoms with van der Waals surface area (Å²) >= 11 is 0. The van der Waals surface area contributed by atoms with Crippen LogP contribution >= 0.6 is 0 Å². The van der Waals surface area contributed by atoms with E-state index in [2.05, 4.69) is 0 Å². The number of carboxylic acids is 1. The lowest BCUT2D eigenvalue weighted by molar-refractivity contribution is -0.131. The minimum absolute atomic E-state index is 0.233. The molecule has 3 heteroatoms. The molecular formula is C9H8O3. The van der Waals surface area contributed by atoms with Gasteiger partial charge in [-0.1, -0.05) is 30.3 Å². The van der Waals surface area contributed by atoms with Crippen molar-refractivity contribution in [1.82, 2.24) is 0 Å². The van der Waals surface area contributed by atoms with Crippen LogP contribution in [0.1, 0.15) is 5.56 Å². The second-order valence-electron chi connectivity index (χ2n) is 2.23. The number of hydrogen-bond donors (Lipinski definition) is 2. The van der Waals surface area contributed by atoms with Crippen LogP contribution in [-0.4, -0.2) is 16.2 Å². The Morgan fingerprint density at radius 3 is 2.25 bits per heavy atom. The van der Waals surface area contributed by atoms with Gasteiger partial charge < -0.3 is 10.2 Å². The van der Waals surface area contributed by atoms with Gasteiger partial charge in [0, 0.05) is 5.56 Å². The summed E-state index contributed by atoms with van der Waals surface area (Å²) in [7, 11) is 0. The van der Waals surface area contributed by atoms with Crippen LogP contribution in [0.4, 0.5) is 0 Å². The van der Waals surface area contributed by atoms with Crippen molar-refractivity contribution in [3.8, 4) is 0 Å². The van der Waals surface area contributed by atoms with Crippen molar-refractivity contribution >= 4 is 11.7 Å². The van der Waals surface area contributed by atoms with E-state index >= 15 is 0 Å². The predicted molar refractivity (Wildman–Crippen MR) is 44.7 cm³/mol. The summed E-state index contributed by atoms with van der Waals surface area (Å²) in [6.45, 7) is 0. The number of carbonyl (C=O) groups is 1. The van der Waals surface area contributed by atoms with E-state index in [4.69, 9.17) is 5.11 Å². The van der Waals surface area contributed by atoms with Gasteiger partial charge in [0.1, 0.15) is 5.76 Å². The van der Waals surface area contributed by atoms with Gasteiger partial charge in [-0.25, -0.2) is 4.79 Å². The zero-order valence-electron chi connectivity index (χ0n) is 6.27. The van der Waals surface area contributed by atoms with Crippen LogP contribution in [0.15, 0.2) is 36.4 Å². The zero-order chi connectivity index (χ0) is 8.97. The molecule has 1 rings (SSSR count). The molecule has 0 heterocycles. The van der Waals surface area contributed by atoms with Gasteiger partial charge in [0.05, 0.1) is 6.08 Å². The van der Waals surface area contributed by atoms with E-state index < -0.39 is 5.97 Å². The Labute approximate surface area is 69.6 Å². The Morgan fingerprint density at radius 2 is 1.75 bits per heavy atom. The number of aliphatic hydroxyl groups excluding tert-OH is 1. The van der Waals surface area contributed by atoms with E-state index in [-0.39, 0.29) is 5.76 Å². The highest BCUT2D eigenvalue weighted by Crippen LogP contribution is 2.09. The molecular weight excluding hydrogens is 156 g/mol. The van der Waals surface area contributed by atoms with Gasteiger partial charge in [0.2, 0.25) is 0 Å². The first kappa shape index (κ1) is 8.33. The van der Waals surface area contributed by atoms with E-state index in [9.17, 15) is 9.90 Å². The van der Waals surface area contributed by atoms with Crippen LogP contribution in [0, 0.1) is 0 Å². The molecule has 12 heavy (non-hydrogen) atoms. The lowest BCUT2D eigenvalue weighted by Gasteiger charge is -1.96. The van der Waals surface area contributed by atoms with Gasteiger partial charge >= 0.3 is 5.97 Å². The quantitative estimate of drug-likeness (QED) is 0.516. The standard InChI is InChI=1S/C9H8O3/c10-8(6-9(11)12)7-4-2-1-3-5-7/h1-6,10H,(H,11,12). The average molecular weight is 164 g/mol. The minimum atomic E-state index is -1.16. The average Bonchev–Trinajstić information content (AvgIpc) is 2.05. The Kier molecular flexibility index (Phi) is 2.48. The van der Waals surface area contributed by atoms with Crippen LogP contribution in [0.3, 0.4) is 0 Å². The Hall–Kier alpha value is -1.77. The molecule has 0 spiro atoms. The summed E-state index contributed by atoms with van der Waals surface area (Å²) in [6, 6.07) is 8.50. The highest BCUT2D eigenvalue weighted by molar-refractivity contribution is 5.87. The van der Waals surface area contributed by atoms with Crippen molar-refractivity contribution in [2.45, 2.75) is 0 Å². The van der Waals surface area contributed by atoms with Crippen molar-refractivity contribution in [3.63, 3.8) is 0 Å². The van der Waals surface area contributed by atoms with Crippen molar-refractivity contribution in [3.05, 3.63) is 42.0 Å². The molecule has 0 aliphatic rings. The van der Waals surface area contributed by atoms with Crippen LogP contribution < -0.4 is 0 Å². The second kappa shape index (κ2) is 3.57. The number of rotatable bonds is 2. The second-order valence-corrected chi connectivity index (χ2v) is 2.23.